The smallest absolute Gasteiger partial charge is 0.143 e. The zero-order chi connectivity index (χ0) is 35.8. The Balaban J connectivity index is 1.08. The standard InChI is InChI=1S/C52H35NO/c1-3-13-36(14-4-1)38-25-30-42(31-26-38)53(44-19-11-18-41(35-44)37-15-5-2-6-16-37)43-32-27-40(28-33-43)46-22-12-23-48-47-34-29-39-17-7-8-20-45(39)51(47)49-21-9-10-24-50(49)54-52(46)48/h1-35H. The van der Waals surface area contributed by atoms with E-state index in [1.54, 1.807) is 0 Å². The fourth-order valence-electron chi connectivity index (χ4n) is 7.87. The van der Waals surface area contributed by atoms with Crippen LogP contribution in [0.3, 0.4) is 0 Å². The molecule has 0 radical (unpaired) electrons. The average molecular weight is 690 g/mol. The first kappa shape index (κ1) is 31.6. The monoisotopic (exact) mass is 689 g/mol. The highest BCUT2D eigenvalue weighted by Crippen LogP contribution is 2.52. The van der Waals surface area contributed by atoms with Crippen LogP contribution in [0.1, 0.15) is 0 Å². The van der Waals surface area contributed by atoms with E-state index < -0.39 is 0 Å². The predicted molar refractivity (Wildman–Crippen MR) is 226 cm³/mol. The number of benzene rings is 9. The van der Waals surface area contributed by atoms with Crippen LogP contribution in [0, 0.1) is 0 Å². The highest BCUT2D eigenvalue weighted by Gasteiger charge is 2.25. The van der Waals surface area contributed by atoms with Gasteiger partial charge in [0.2, 0.25) is 0 Å². The molecule has 0 bridgehead atoms. The Morgan fingerprint density at radius 3 is 1.63 bits per heavy atom. The molecule has 1 aliphatic heterocycles. The average Bonchev–Trinajstić information content (AvgIpc) is 3.40. The van der Waals surface area contributed by atoms with Gasteiger partial charge in [-0.2, -0.15) is 0 Å². The number of fused-ring (bicyclic) bond motifs is 7. The van der Waals surface area contributed by atoms with Crippen LogP contribution < -0.4 is 9.64 Å². The van der Waals surface area contributed by atoms with Crippen LogP contribution in [-0.2, 0) is 0 Å². The second-order valence-electron chi connectivity index (χ2n) is 13.7. The third-order valence-electron chi connectivity index (χ3n) is 10.5. The molecular weight excluding hydrogens is 655 g/mol. The lowest BCUT2D eigenvalue weighted by molar-refractivity contribution is 0.489. The van der Waals surface area contributed by atoms with Crippen molar-refractivity contribution in [1.82, 2.24) is 0 Å². The molecule has 0 unspecified atom stereocenters. The van der Waals surface area contributed by atoms with E-state index in [-0.39, 0.29) is 0 Å². The van der Waals surface area contributed by atoms with Gasteiger partial charge >= 0.3 is 0 Å². The van der Waals surface area contributed by atoms with Crippen molar-refractivity contribution in [3.63, 3.8) is 0 Å². The molecule has 2 nitrogen and oxygen atoms in total. The summed E-state index contributed by atoms with van der Waals surface area (Å²) in [5.74, 6) is 1.73. The van der Waals surface area contributed by atoms with E-state index in [0.29, 0.717) is 0 Å². The summed E-state index contributed by atoms with van der Waals surface area (Å²) in [4.78, 5) is 2.34. The molecule has 0 aromatic heterocycles. The molecule has 0 spiro atoms. The Morgan fingerprint density at radius 1 is 0.315 bits per heavy atom. The van der Waals surface area contributed by atoms with Gasteiger partial charge in [0.1, 0.15) is 11.5 Å². The van der Waals surface area contributed by atoms with Crippen LogP contribution in [0.25, 0.3) is 66.4 Å². The molecule has 254 valence electrons. The van der Waals surface area contributed by atoms with E-state index in [0.717, 1.165) is 50.8 Å². The van der Waals surface area contributed by atoms with E-state index in [9.17, 15) is 0 Å². The zero-order valence-electron chi connectivity index (χ0n) is 29.6. The highest BCUT2D eigenvalue weighted by atomic mass is 16.5. The summed E-state index contributed by atoms with van der Waals surface area (Å²) in [6, 6.07) is 75.7. The molecule has 9 aromatic carbocycles. The highest BCUT2D eigenvalue weighted by molar-refractivity contribution is 6.07. The number of hydrogen-bond acceptors (Lipinski definition) is 2. The minimum atomic E-state index is 0.862. The van der Waals surface area contributed by atoms with Crippen molar-refractivity contribution >= 4 is 27.8 Å². The fraction of sp³-hybridized carbons (Fsp3) is 0. The normalized spacial score (nSPS) is 11.5. The Hall–Kier alpha value is -7.16. The molecule has 0 N–H and O–H groups in total. The summed E-state index contributed by atoms with van der Waals surface area (Å²) in [5.41, 5.74) is 14.7. The molecule has 1 aliphatic rings. The summed E-state index contributed by atoms with van der Waals surface area (Å²) < 4.78 is 6.93. The Bertz CT molecular complexity index is 2770. The lowest BCUT2D eigenvalue weighted by Gasteiger charge is -2.26. The van der Waals surface area contributed by atoms with E-state index in [2.05, 4.69) is 217 Å². The van der Waals surface area contributed by atoms with Crippen LogP contribution in [0.4, 0.5) is 17.1 Å². The van der Waals surface area contributed by atoms with Crippen LogP contribution in [0.15, 0.2) is 212 Å². The third-order valence-corrected chi connectivity index (χ3v) is 10.5. The van der Waals surface area contributed by atoms with Crippen molar-refractivity contribution in [3.8, 4) is 67.1 Å². The minimum absolute atomic E-state index is 0.862. The van der Waals surface area contributed by atoms with Gasteiger partial charge in [0.25, 0.3) is 0 Å². The predicted octanol–water partition coefficient (Wildman–Crippen LogP) is 14.8. The molecule has 9 aromatic rings. The van der Waals surface area contributed by atoms with Crippen LogP contribution in [0.2, 0.25) is 0 Å². The van der Waals surface area contributed by atoms with Gasteiger partial charge in [-0.05, 0) is 86.6 Å². The lowest BCUT2D eigenvalue weighted by atomic mass is 9.89. The molecule has 1 heterocycles. The van der Waals surface area contributed by atoms with Gasteiger partial charge in [0.05, 0.1) is 0 Å². The van der Waals surface area contributed by atoms with E-state index in [4.69, 9.17) is 4.74 Å². The molecular formula is C52H35NO. The molecule has 54 heavy (non-hydrogen) atoms. The Morgan fingerprint density at radius 2 is 0.870 bits per heavy atom. The van der Waals surface area contributed by atoms with Crippen molar-refractivity contribution in [3.05, 3.63) is 212 Å². The number of nitrogens with zero attached hydrogens (tertiary/aromatic N) is 1. The van der Waals surface area contributed by atoms with Crippen molar-refractivity contribution in [1.29, 1.82) is 0 Å². The summed E-state index contributed by atoms with van der Waals surface area (Å²) in [6.07, 6.45) is 0. The maximum absolute atomic E-state index is 6.93. The molecule has 0 aliphatic carbocycles. The lowest BCUT2D eigenvalue weighted by Crippen LogP contribution is -2.10. The number of rotatable bonds is 6. The van der Waals surface area contributed by atoms with Crippen molar-refractivity contribution in [2.75, 3.05) is 4.90 Å². The van der Waals surface area contributed by atoms with Gasteiger partial charge in [-0.15, -0.1) is 0 Å². The van der Waals surface area contributed by atoms with Crippen LogP contribution in [0.5, 0.6) is 11.5 Å². The van der Waals surface area contributed by atoms with Crippen molar-refractivity contribution in [2.45, 2.75) is 0 Å². The largest absolute Gasteiger partial charge is 0.455 e. The van der Waals surface area contributed by atoms with Gasteiger partial charge in [0, 0.05) is 39.3 Å². The molecule has 10 rings (SSSR count). The van der Waals surface area contributed by atoms with Gasteiger partial charge in [-0.25, -0.2) is 0 Å². The zero-order valence-corrected chi connectivity index (χ0v) is 29.6. The van der Waals surface area contributed by atoms with Crippen molar-refractivity contribution in [2.24, 2.45) is 0 Å². The number of para-hydroxylation sites is 2. The molecule has 0 saturated heterocycles. The first-order valence-corrected chi connectivity index (χ1v) is 18.4. The third kappa shape index (κ3) is 5.62. The van der Waals surface area contributed by atoms with Gasteiger partial charge in [0.15, 0.2) is 0 Å². The second-order valence-corrected chi connectivity index (χ2v) is 13.7. The summed E-state index contributed by atoms with van der Waals surface area (Å²) in [6.45, 7) is 0. The quantitative estimate of drug-likeness (QED) is 0.172. The van der Waals surface area contributed by atoms with Crippen LogP contribution >= 0.6 is 0 Å². The maximum Gasteiger partial charge on any atom is 0.143 e. The molecule has 0 saturated carbocycles. The number of hydrogen-bond donors (Lipinski definition) is 0. The fourth-order valence-corrected chi connectivity index (χ4v) is 7.87. The molecule has 0 atom stereocenters. The first-order chi connectivity index (χ1) is 26.8. The maximum atomic E-state index is 6.93. The summed E-state index contributed by atoms with van der Waals surface area (Å²) in [5, 5.41) is 2.44. The SMILES string of the molecule is c1ccc(-c2ccc(N(c3ccc(-c4cccc5c4Oc4ccccc4-c4c-5ccc5ccccc45)cc3)c3cccc(-c4ccccc4)c3)cc2)cc1. The van der Waals surface area contributed by atoms with E-state index in [1.165, 1.54) is 44.2 Å². The topological polar surface area (TPSA) is 12.5 Å². The Labute approximate surface area is 315 Å². The van der Waals surface area contributed by atoms with Gasteiger partial charge in [-0.1, -0.05) is 170 Å². The Kier molecular flexibility index (Phi) is 7.85. The van der Waals surface area contributed by atoms with E-state index in [1.807, 2.05) is 0 Å². The number of ether oxygens (including phenoxy) is 1. The summed E-state index contributed by atoms with van der Waals surface area (Å²) in [7, 11) is 0. The van der Waals surface area contributed by atoms with Gasteiger partial charge in [-0.3, -0.25) is 0 Å². The van der Waals surface area contributed by atoms with E-state index >= 15 is 0 Å². The molecule has 2 heteroatoms. The molecule has 0 amide bonds. The van der Waals surface area contributed by atoms with Crippen molar-refractivity contribution < 1.29 is 4.74 Å². The minimum Gasteiger partial charge on any atom is -0.455 e. The summed E-state index contributed by atoms with van der Waals surface area (Å²) >= 11 is 0. The number of anilines is 3. The van der Waals surface area contributed by atoms with Gasteiger partial charge < -0.3 is 9.64 Å². The first-order valence-electron chi connectivity index (χ1n) is 18.4. The van der Waals surface area contributed by atoms with Crippen LogP contribution in [-0.4, -0.2) is 0 Å². The second kappa shape index (κ2) is 13.4. The molecule has 0 fully saturated rings.